The SMILES string of the molecule is CC(=O)O.c1cc2cc-2c1. The first kappa shape index (κ1) is 6.81. The van der Waals surface area contributed by atoms with E-state index in [9.17, 15) is 0 Å². The Hall–Kier alpha value is -1.31. The molecule has 1 N–H and O–H groups in total. The zero-order chi connectivity index (χ0) is 7.56. The van der Waals surface area contributed by atoms with Crippen LogP contribution in [0.4, 0.5) is 0 Å². The van der Waals surface area contributed by atoms with E-state index >= 15 is 0 Å². The molecule has 0 amide bonds. The normalized spacial score (nSPS) is 9.30. The van der Waals surface area contributed by atoms with Gasteiger partial charge in [-0.2, -0.15) is 0 Å². The first-order valence-electron chi connectivity index (χ1n) is 3.00. The minimum atomic E-state index is -0.833. The number of hydrogen-bond acceptors (Lipinski definition) is 1. The molecule has 0 aromatic heterocycles. The fourth-order valence-electron chi connectivity index (χ4n) is 0.676. The van der Waals surface area contributed by atoms with Crippen molar-refractivity contribution in [3.8, 4) is 11.1 Å². The van der Waals surface area contributed by atoms with Gasteiger partial charge in [0.25, 0.3) is 5.97 Å². The fraction of sp³-hybridized carbons (Fsp3) is 0.125. The van der Waals surface area contributed by atoms with Crippen LogP contribution in [-0.4, -0.2) is 11.1 Å². The van der Waals surface area contributed by atoms with Gasteiger partial charge in [-0.15, -0.1) is 0 Å². The summed E-state index contributed by atoms with van der Waals surface area (Å²) in [7, 11) is 0. The average molecular weight is 136 g/mol. The van der Waals surface area contributed by atoms with Crippen LogP contribution in [0.2, 0.25) is 0 Å². The number of rotatable bonds is 0. The molecule has 0 atom stereocenters. The molecule has 0 unspecified atom stereocenters. The molecule has 2 rings (SSSR count). The Labute approximate surface area is 59.1 Å². The Bertz CT molecular complexity index is 232. The molecule has 0 saturated heterocycles. The number of benzene rings is 1. The highest BCUT2D eigenvalue weighted by atomic mass is 16.4. The summed E-state index contributed by atoms with van der Waals surface area (Å²) in [5.41, 5.74) is 2.85. The molecule has 0 fully saturated rings. The van der Waals surface area contributed by atoms with Crippen LogP contribution in [0.15, 0.2) is 24.3 Å². The van der Waals surface area contributed by atoms with Crippen LogP contribution in [0.1, 0.15) is 6.92 Å². The van der Waals surface area contributed by atoms with E-state index in [1.54, 1.807) is 0 Å². The summed E-state index contributed by atoms with van der Waals surface area (Å²) in [5, 5.41) is 7.42. The second-order valence-corrected chi connectivity index (χ2v) is 2.10. The number of hydrogen-bond donors (Lipinski definition) is 1. The van der Waals surface area contributed by atoms with Crippen LogP contribution in [0.25, 0.3) is 11.1 Å². The molecule has 0 spiro atoms. The van der Waals surface area contributed by atoms with Crippen molar-refractivity contribution in [1.29, 1.82) is 0 Å². The number of carbonyl (C=O) groups is 1. The Morgan fingerprint density at radius 3 is 1.90 bits per heavy atom. The zero-order valence-electron chi connectivity index (χ0n) is 5.66. The van der Waals surface area contributed by atoms with Gasteiger partial charge >= 0.3 is 0 Å². The van der Waals surface area contributed by atoms with Gasteiger partial charge in [0.2, 0.25) is 0 Å². The van der Waals surface area contributed by atoms with Gasteiger partial charge in [0.1, 0.15) is 0 Å². The predicted octanol–water partition coefficient (Wildman–Crippen LogP) is 1.76. The smallest absolute Gasteiger partial charge is 0.300 e. The van der Waals surface area contributed by atoms with Crippen molar-refractivity contribution in [2.45, 2.75) is 6.92 Å². The van der Waals surface area contributed by atoms with E-state index in [1.165, 1.54) is 11.1 Å². The van der Waals surface area contributed by atoms with Gasteiger partial charge in [0.15, 0.2) is 0 Å². The molecule has 0 bridgehead atoms. The van der Waals surface area contributed by atoms with Gasteiger partial charge in [-0.1, -0.05) is 18.2 Å². The summed E-state index contributed by atoms with van der Waals surface area (Å²) < 4.78 is 0. The van der Waals surface area contributed by atoms with Gasteiger partial charge in [0.05, 0.1) is 0 Å². The highest BCUT2D eigenvalue weighted by molar-refractivity contribution is 5.80. The third kappa shape index (κ3) is 1.90. The summed E-state index contributed by atoms with van der Waals surface area (Å²) in [4.78, 5) is 9.00. The molecule has 0 aromatic carbocycles. The van der Waals surface area contributed by atoms with Crippen molar-refractivity contribution in [3.63, 3.8) is 0 Å². The van der Waals surface area contributed by atoms with E-state index < -0.39 is 5.97 Å². The topological polar surface area (TPSA) is 37.3 Å². The fourth-order valence-corrected chi connectivity index (χ4v) is 0.676. The number of fused-ring (bicyclic) bond motifs is 1. The number of aliphatic carboxylic acids is 1. The maximum Gasteiger partial charge on any atom is 0.300 e. The quantitative estimate of drug-likeness (QED) is 0.599. The molecular formula is C8H8O2. The maximum atomic E-state index is 9.00. The molecule has 0 radical (unpaired) electrons. The molecule has 0 aliphatic heterocycles. The lowest BCUT2D eigenvalue weighted by Crippen LogP contribution is -1.78. The lowest BCUT2D eigenvalue weighted by molar-refractivity contribution is -0.134. The van der Waals surface area contributed by atoms with Crippen LogP contribution in [0, 0.1) is 0 Å². The predicted molar refractivity (Wildman–Crippen MR) is 38.7 cm³/mol. The molecule has 52 valence electrons. The van der Waals surface area contributed by atoms with E-state index in [1.807, 2.05) is 0 Å². The lowest BCUT2D eigenvalue weighted by atomic mass is 10.6. The third-order valence-electron chi connectivity index (χ3n) is 1.11. The molecule has 0 aromatic rings. The van der Waals surface area contributed by atoms with E-state index in [4.69, 9.17) is 9.90 Å². The monoisotopic (exact) mass is 136 g/mol. The maximum absolute atomic E-state index is 9.00. The van der Waals surface area contributed by atoms with Crippen molar-refractivity contribution in [3.05, 3.63) is 24.3 Å². The molecule has 2 aliphatic rings. The van der Waals surface area contributed by atoms with E-state index in [-0.39, 0.29) is 0 Å². The van der Waals surface area contributed by atoms with Crippen LogP contribution in [0.3, 0.4) is 0 Å². The third-order valence-corrected chi connectivity index (χ3v) is 1.11. The van der Waals surface area contributed by atoms with E-state index in [0.29, 0.717) is 0 Å². The van der Waals surface area contributed by atoms with Gasteiger partial charge < -0.3 is 5.11 Å². The molecular weight excluding hydrogens is 128 g/mol. The Morgan fingerprint density at radius 2 is 1.80 bits per heavy atom. The molecule has 2 nitrogen and oxygen atoms in total. The van der Waals surface area contributed by atoms with E-state index in [0.717, 1.165) is 6.92 Å². The summed E-state index contributed by atoms with van der Waals surface area (Å²) in [6, 6.07) is 8.48. The Morgan fingerprint density at radius 1 is 1.40 bits per heavy atom. The minimum Gasteiger partial charge on any atom is -0.481 e. The highest BCUT2D eigenvalue weighted by Crippen LogP contribution is 2.32. The summed E-state index contributed by atoms with van der Waals surface area (Å²) in [6.45, 7) is 1.08. The largest absolute Gasteiger partial charge is 0.481 e. The van der Waals surface area contributed by atoms with Crippen molar-refractivity contribution in [2.24, 2.45) is 0 Å². The van der Waals surface area contributed by atoms with Crippen molar-refractivity contribution >= 4 is 5.97 Å². The second-order valence-electron chi connectivity index (χ2n) is 2.10. The molecule has 10 heavy (non-hydrogen) atoms. The second kappa shape index (κ2) is 2.52. The highest BCUT2D eigenvalue weighted by Gasteiger charge is 2.06. The van der Waals surface area contributed by atoms with Crippen LogP contribution in [0.5, 0.6) is 0 Å². The van der Waals surface area contributed by atoms with Crippen molar-refractivity contribution in [2.75, 3.05) is 0 Å². The molecule has 2 aliphatic carbocycles. The van der Waals surface area contributed by atoms with E-state index in [2.05, 4.69) is 24.3 Å². The average Bonchev–Trinajstić information content (AvgIpc) is 2.40. The van der Waals surface area contributed by atoms with Gasteiger partial charge in [-0.3, -0.25) is 4.79 Å². The van der Waals surface area contributed by atoms with Crippen LogP contribution >= 0.6 is 0 Å². The number of carboxylic acids is 1. The minimum absolute atomic E-state index is 0.833. The first-order chi connectivity index (χ1) is 4.70. The van der Waals surface area contributed by atoms with Gasteiger partial charge in [0, 0.05) is 6.92 Å². The Balaban J connectivity index is 0.000000112. The molecule has 2 heteroatoms. The lowest BCUT2D eigenvalue weighted by Gasteiger charge is -1.59. The summed E-state index contributed by atoms with van der Waals surface area (Å²) in [6.07, 6.45) is 0. The standard InChI is InChI=1S/C6H4.C2H4O2/c1-2-5-4-6(5)3-1;1-2(3)4/h1-4H;1H3,(H,3,4). The summed E-state index contributed by atoms with van der Waals surface area (Å²) in [5.74, 6) is -0.833. The van der Waals surface area contributed by atoms with Crippen LogP contribution in [-0.2, 0) is 4.79 Å². The van der Waals surface area contributed by atoms with Gasteiger partial charge in [-0.05, 0) is 17.2 Å². The van der Waals surface area contributed by atoms with Gasteiger partial charge in [-0.25, -0.2) is 0 Å². The summed E-state index contributed by atoms with van der Waals surface area (Å²) >= 11 is 0. The molecule has 0 heterocycles. The van der Waals surface area contributed by atoms with Crippen molar-refractivity contribution < 1.29 is 9.90 Å². The van der Waals surface area contributed by atoms with Crippen LogP contribution < -0.4 is 0 Å². The zero-order valence-corrected chi connectivity index (χ0v) is 5.66. The van der Waals surface area contributed by atoms with Crippen molar-refractivity contribution in [1.82, 2.24) is 0 Å². The first-order valence-corrected chi connectivity index (χ1v) is 3.00. The Kier molecular flexibility index (Phi) is 1.71. The molecule has 0 saturated carbocycles. The number of carboxylic acid groups (broad SMARTS) is 1.